The minimum Gasteiger partial charge on any atom is -0.486 e. The fourth-order valence-corrected chi connectivity index (χ4v) is 4.07. The average molecular weight is 446 g/mol. The number of amides is 2. The van der Waals surface area contributed by atoms with E-state index in [0.29, 0.717) is 48.4 Å². The van der Waals surface area contributed by atoms with Crippen LogP contribution in [-0.4, -0.2) is 54.9 Å². The largest absolute Gasteiger partial charge is 0.486 e. The molecule has 2 aliphatic rings. The first-order chi connectivity index (χ1) is 15.1. The smallest absolute Gasteiger partial charge is 0.315 e. The molecule has 0 spiro atoms. The third-order valence-corrected chi connectivity index (χ3v) is 5.88. The summed E-state index contributed by atoms with van der Waals surface area (Å²) < 4.78 is 11.2. The number of fused-ring (bicyclic) bond motifs is 1. The summed E-state index contributed by atoms with van der Waals surface area (Å²) in [5.74, 6) is 1.29. The SMILES string of the molecule is O=C(NCc1ccc(Cl)cc1)N[C@H](CN1CCCC1)[C@H](O)c1ccc2c(c1)OCCO2. The molecule has 0 saturated carbocycles. The Morgan fingerprint density at radius 1 is 1.06 bits per heavy atom. The van der Waals surface area contributed by atoms with Crippen LogP contribution in [0.2, 0.25) is 5.02 Å². The van der Waals surface area contributed by atoms with Gasteiger partial charge in [0, 0.05) is 18.1 Å². The molecule has 2 aliphatic heterocycles. The maximum atomic E-state index is 12.6. The third kappa shape index (κ3) is 5.81. The number of nitrogens with zero attached hydrogens (tertiary/aromatic N) is 1. The van der Waals surface area contributed by atoms with Crippen molar-refractivity contribution >= 4 is 17.6 Å². The maximum Gasteiger partial charge on any atom is 0.315 e. The molecule has 31 heavy (non-hydrogen) atoms. The molecule has 2 atom stereocenters. The molecular formula is C23H28ClN3O4. The van der Waals surface area contributed by atoms with E-state index in [0.717, 1.165) is 31.5 Å². The minimum atomic E-state index is -0.877. The molecule has 2 aromatic rings. The predicted octanol–water partition coefficient (Wildman–Crippen LogP) is 3.11. The molecule has 1 saturated heterocycles. The van der Waals surface area contributed by atoms with Gasteiger partial charge in [-0.25, -0.2) is 4.79 Å². The van der Waals surface area contributed by atoms with Gasteiger partial charge in [0.2, 0.25) is 0 Å². The van der Waals surface area contributed by atoms with Gasteiger partial charge in [0.1, 0.15) is 19.3 Å². The summed E-state index contributed by atoms with van der Waals surface area (Å²) in [5, 5.41) is 17.6. The second kappa shape index (κ2) is 10.2. The Morgan fingerprint density at radius 2 is 1.77 bits per heavy atom. The molecule has 3 N–H and O–H groups in total. The minimum absolute atomic E-state index is 0.323. The maximum absolute atomic E-state index is 12.6. The molecule has 0 bridgehead atoms. The van der Waals surface area contributed by atoms with Crippen LogP contribution in [0.5, 0.6) is 11.5 Å². The van der Waals surface area contributed by atoms with E-state index in [1.54, 1.807) is 24.3 Å². The van der Waals surface area contributed by atoms with Crippen molar-refractivity contribution in [3.8, 4) is 11.5 Å². The van der Waals surface area contributed by atoms with Crippen LogP contribution in [0.25, 0.3) is 0 Å². The van der Waals surface area contributed by atoms with Gasteiger partial charge in [0.25, 0.3) is 0 Å². The number of rotatable bonds is 7. The lowest BCUT2D eigenvalue weighted by Gasteiger charge is -2.29. The van der Waals surface area contributed by atoms with Gasteiger partial charge < -0.3 is 30.1 Å². The van der Waals surface area contributed by atoms with Crippen LogP contribution in [0.4, 0.5) is 4.79 Å². The van der Waals surface area contributed by atoms with Crippen molar-refractivity contribution in [3.63, 3.8) is 0 Å². The van der Waals surface area contributed by atoms with E-state index in [1.165, 1.54) is 0 Å². The number of nitrogens with one attached hydrogen (secondary N) is 2. The van der Waals surface area contributed by atoms with E-state index in [1.807, 2.05) is 18.2 Å². The zero-order valence-corrected chi connectivity index (χ0v) is 18.1. The van der Waals surface area contributed by atoms with Crippen molar-refractivity contribution in [2.45, 2.75) is 31.5 Å². The summed E-state index contributed by atoms with van der Waals surface area (Å²) in [6.07, 6.45) is 1.39. The number of hydrogen-bond acceptors (Lipinski definition) is 5. The molecular weight excluding hydrogens is 418 g/mol. The Hall–Kier alpha value is -2.48. The number of benzene rings is 2. The Balaban J connectivity index is 1.42. The van der Waals surface area contributed by atoms with Crippen molar-refractivity contribution in [1.29, 1.82) is 0 Å². The zero-order chi connectivity index (χ0) is 21.6. The molecule has 4 rings (SSSR count). The summed E-state index contributed by atoms with van der Waals surface area (Å²) >= 11 is 5.91. The molecule has 1 fully saturated rings. The van der Waals surface area contributed by atoms with Gasteiger partial charge in [-0.1, -0.05) is 29.8 Å². The van der Waals surface area contributed by atoms with Crippen LogP contribution in [0.1, 0.15) is 30.1 Å². The Morgan fingerprint density at radius 3 is 2.52 bits per heavy atom. The molecule has 7 nitrogen and oxygen atoms in total. The monoisotopic (exact) mass is 445 g/mol. The van der Waals surface area contributed by atoms with Crippen LogP contribution in [0.15, 0.2) is 42.5 Å². The number of ether oxygens (including phenoxy) is 2. The molecule has 0 aromatic heterocycles. The van der Waals surface area contributed by atoms with Gasteiger partial charge in [0.15, 0.2) is 11.5 Å². The Bertz CT molecular complexity index is 887. The van der Waals surface area contributed by atoms with E-state index in [9.17, 15) is 9.90 Å². The van der Waals surface area contributed by atoms with Crippen molar-refractivity contribution < 1.29 is 19.4 Å². The van der Waals surface area contributed by atoms with Gasteiger partial charge in [-0.05, 0) is 61.3 Å². The van der Waals surface area contributed by atoms with Crippen LogP contribution in [0.3, 0.4) is 0 Å². The second-order valence-electron chi connectivity index (χ2n) is 7.92. The van der Waals surface area contributed by atoms with Gasteiger partial charge in [-0.3, -0.25) is 0 Å². The number of aliphatic hydroxyl groups is 1. The fourth-order valence-electron chi connectivity index (χ4n) is 3.95. The van der Waals surface area contributed by atoms with Gasteiger partial charge in [-0.2, -0.15) is 0 Å². The quantitative estimate of drug-likeness (QED) is 0.610. The second-order valence-corrected chi connectivity index (χ2v) is 8.35. The van der Waals surface area contributed by atoms with E-state index in [2.05, 4.69) is 15.5 Å². The Labute approximate surface area is 187 Å². The molecule has 2 amide bonds. The zero-order valence-electron chi connectivity index (χ0n) is 17.4. The van der Waals surface area contributed by atoms with Crippen molar-refractivity contribution in [3.05, 3.63) is 58.6 Å². The summed E-state index contributed by atoms with van der Waals surface area (Å²) in [4.78, 5) is 14.9. The number of urea groups is 1. The van der Waals surface area contributed by atoms with Crippen LogP contribution in [0, 0.1) is 0 Å². The molecule has 2 heterocycles. The van der Waals surface area contributed by atoms with Gasteiger partial charge in [0.05, 0.1) is 6.04 Å². The summed E-state index contributed by atoms with van der Waals surface area (Å²) in [6.45, 7) is 3.89. The van der Waals surface area contributed by atoms with E-state index < -0.39 is 12.1 Å². The molecule has 8 heteroatoms. The highest BCUT2D eigenvalue weighted by Gasteiger charge is 2.27. The molecule has 166 valence electrons. The van der Waals surface area contributed by atoms with Gasteiger partial charge >= 0.3 is 6.03 Å². The highest BCUT2D eigenvalue weighted by Crippen LogP contribution is 2.33. The van der Waals surface area contributed by atoms with Crippen LogP contribution < -0.4 is 20.1 Å². The van der Waals surface area contributed by atoms with Crippen LogP contribution >= 0.6 is 11.6 Å². The average Bonchev–Trinajstić information content (AvgIpc) is 3.30. The first-order valence-corrected chi connectivity index (χ1v) is 11.0. The normalized spacial score (nSPS) is 17.7. The van der Waals surface area contributed by atoms with Crippen LogP contribution in [-0.2, 0) is 6.54 Å². The number of hydrogen-bond donors (Lipinski definition) is 3. The predicted molar refractivity (Wildman–Crippen MR) is 119 cm³/mol. The van der Waals surface area contributed by atoms with E-state index in [-0.39, 0.29) is 6.03 Å². The lowest BCUT2D eigenvalue weighted by atomic mass is 10.0. The first kappa shape index (κ1) is 21.7. The Kier molecular flexibility index (Phi) is 7.17. The lowest BCUT2D eigenvalue weighted by molar-refractivity contribution is 0.108. The van der Waals surface area contributed by atoms with Crippen molar-refractivity contribution in [2.75, 3.05) is 32.8 Å². The molecule has 2 aromatic carbocycles. The lowest BCUT2D eigenvalue weighted by Crippen LogP contribution is -2.49. The highest BCUT2D eigenvalue weighted by atomic mass is 35.5. The van der Waals surface area contributed by atoms with E-state index in [4.69, 9.17) is 21.1 Å². The fraction of sp³-hybridized carbons (Fsp3) is 0.435. The van der Waals surface area contributed by atoms with Crippen molar-refractivity contribution in [1.82, 2.24) is 15.5 Å². The topological polar surface area (TPSA) is 83.1 Å². The number of halogens is 1. The summed E-state index contributed by atoms with van der Waals surface area (Å²) in [7, 11) is 0. The summed E-state index contributed by atoms with van der Waals surface area (Å²) in [6, 6.07) is 12.0. The number of carbonyl (C=O) groups is 1. The number of carbonyl (C=O) groups excluding carboxylic acids is 1. The van der Waals surface area contributed by atoms with E-state index >= 15 is 0 Å². The standard InChI is InChI=1S/C23H28ClN3O4/c24-18-6-3-16(4-7-18)14-25-23(29)26-19(15-27-9-1-2-10-27)22(28)17-5-8-20-21(13-17)31-12-11-30-20/h3-8,13,19,22,28H,1-2,9-12,14-15H2,(H2,25,26,29)/t19-,22-/m1/s1. The summed E-state index contributed by atoms with van der Waals surface area (Å²) in [5.41, 5.74) is 1.63. The number of aliphatic hydroxyl groups excluding tert-OH is 1. The van der Waals surface area contributed by atoms with Crippen molar-refractivity contribution in [2.24, 2.45) is 0 Å². The first-order valence-electron chi connectivity index (χ1n) is 10.7. The molecule has 0 aliphatic carbocycles. The molecule has 0 radical (unpaired) electrons. The highest BCUT2D eigenvalue weighted by molar-refractivity contribution is 6.30. The van der Waals surface area contributed by atoms with Gasteiger partial charge in [-0.15, -0.1) is 0 Å². The third-order valence-electron chi connectivity index (χ3n) is 5.63. The number of likely N-dealkylation sites (tertiary alicyclic amines) is 1. The molecule has 0 unspecified atom stereocenters.